The van der Waals surface area contributed by atoms with Crippen LogP contribution in [-0.2, 0) is 5.41 Å². The van der Waals surface area contributed by atoms with E-state index < -0.39 is 0 Å². The molecule has 0 amide bonds. The molecule has 1 fully saturated rings. The Hall–Kier alpha value is -1.20. The number of benzene rings is 1. The average molecular weight is 215 g/mol. The number of hydrogen-bond acceptors (Lipinski definition) is 2. The van der Waals surface area contributed by atoms with E-state index in [4.69, 9.17) is 5.26 Å². The molecule has 0 atom stereocenters. The Kier molecular flexibility index (Phi) is 2.83. The lowest BCUT2D eigenvalue weighted by atomic mass is 9.97. The van der Waals surface area contributed by atoms with Crippen molar-refractivity contribution in [3.05, 3.63) is 41.5 Å². The molecule has 0 aromatic heterocycles. The Morgan fingerprint density at radius 3 is 2.47 bits per heavy atom. The van der Waals surface area contributed by atoms with Gasteiger partial charge in [0.2, 0.25) is 0 Å². The monoisotopic (exact) mass is 215 g/mol. The maximum atomic E-state index is 9.05. The fraction of sp³-hybridized carbons (Fsp3) is 0.308. The van der Waals surface area contributed by atoms with Gasteiger partial charge in [0.15, 0.2) is 0 Å². The third-order valence-electron chi connectivity index (χ3n) is 2.84. The van der Waals surface area contributed by atoms with Gasteiger partial charge in [-0.1, -0.05) is 36.4 Å². The number of nitrogens with zero attached hydrogens (tertiary/aromatic N) is 1. The Morgan fingerprint density at radius 1 is 1.33 bits per heavy atom. The molecule has 15 heavy (non-hydrogen) atoms. The fourth-order valence-electron chi connectivity index (χ4n) is 1.69. The Bertz CT molecular complexity index is 407. The van der Waals surface area contributed by atoms with Crippen LogP contribution < -0.4 is 0 Å². The first kappa shape index (κ1) is 10.3. The third-order valence-corrected chi connectivity index (χ3v) is 3.05. The summed E-state index contributed by atoms with van der Waals surface area (Å²) in [6.45, 7) is 0. The van der Waals surface area contributed by atoms with Crippen molar-refractivity contribution in [2.75, 3.05) is 5.75 Å². The van der Waals surface area contributed by atoms with Gasteiger partial charge in [0.1, 0.15) is 0 Å². The summed E-state index contributed by atoms with van der Waals surface area (Å²) >= 11 is 4.11. The van der Waals surface area contributed by atoms with E-state index in [1.807, 2.05) is 12.2 Å². The van der Waals surface area contributed by atoms with Crippen molar-refractivity contribution < 1.29 is 0 Å². The van der Waals surface area contributed by atoms with Gasteiger partial charge in [-0.2, -0.15) is 17.9 Å². The molecule has 0 aliphatic heterocycles. The standard InChI is InChI=1S/C13H13NS/c14-10-13(7-8-13)12-5-3-11(4-6-12)2-1-9-15/h1-6,15H,7-9H2. The summed E-state index contributed by atoms with van der Waals surface area (Å²) < 4.78 is 0. The molecule has 1 aliphatic carbocycles. The van der Waals surface area contributed by atoms with Crippen molar-refractivity contribution in [2.24, 2.45) is 0 Å². The Morgan fingerprint density at radius 2 is 2.00 bits per heavy atom. The van der Waals surface area contributed by atoms with E-state index in [0.717, 1.165) is 24.2 Å². The fourth-order valence-corrected chi connectivity index (χ4v) is 1.80. The normalized spacial score (nSPS) is 17.6. The molecule has 1 nitrogen and oxygen atoms in total. The van der Waals surface area contributed by atoms with Crippen molar-refractivity contribution in [3.8, 4) is 6.07 Å². The van der Waals surface area contributed by atoms with E-state index >= 15 is 0 Å². The second kappa shape index (κ2) is 4.12. The molecule has 0 bridgehead atoms. The molecule has 1 aromatic rings. The van der Waals surface area contributed by atoms with E-state index in [-0.39, 0.29) is 5.41 Å². The molecule has 1 aliphatic rings. The van der Waals surface area contributed by atoms with E-state index in [9.17, 15) is 0 Å². The van der Waals surface area contributed by atoms with Crippen LogP contribution in [0.2, 0.25) is 0 Å². The van der Waals surface area contributed by atoms with Gasteiger partial charge in [-0.25, -0.2) is 0 Å². The molecule has 0 unspecified atom stereocenters. The predicted octanol–water partition coefficient (Wildman–Crippen LogP) is 3.18. The average Bonchev–Trinajstić information content (AvgIpc) is 3.08. The highest BCUT2D eigenvalue weighted by molar-refractivity contribution is 7.80. The maximum absolute atomic E-state index is 9.05. The van der Waals surface area contributed by atoms with Crippen molar-refractivity contribution >= 4 is 18.7 Å². The Balaban J connectivity index is 2.18. The first-order valence-corrected chi connectivity index (χ1v) is 5.73. The summed E-state index contributed by atoms with van der Waals surface area (Å²) in [7, 11) is 0. The minimum atomic E-state index is -0.161. The molecule has 0 spiro atoms. The topological polar surface area (TPSA) is 23.8 Å². The SMILES string of the molecule is N#CC1(c2ccc(C=CCS)cc2)CC1. The third kappa shape index (κ3) is 2.08. The predicted molar refractivity (Wildman–Crippen MR) is 65.9 cm³/mol. The molecule has 0 heterocycles. The first-order valence-electron chi connectivity index (χ1n) is 5.10. The highest BCUT2D eigenvalue weighted by atomic mass is 32.1. The molecule has 1 aromatic carbocycles. The van der Waals surface area contributed by atoms with Gasteiger partial charge in [0.25, 0.3) is 0 Å². The molecule has 0 radical (unpaired) electrons. The zero-order chi connectivity index (χ0) is 10.7. The van der Waals surface area contributed by atoms with Crippen molar-refractivity contribution in [1.82, 2.24) is 0 Å². The summed E-state index contributed by atoms with van der Waals surface area (Å²) in [6.07, 6.45) is 6.07. The van der Waals surface area contributed by atoms with Crippen LogP contribution >= 0.6 is 12.6 Å². The molecule has 2 heteroatoms. The number of hydrogen-bond donors (Lipinski definition) is 1. The van der Waals surface area contributed by atoms with Crippen molar-refractivity contribution in [2.45, 2.75) is 18.3 Å². The van der Waals surface area contributed by atoms with Crippen molar-refractivity contribution in [1.29, 1.82) is 5.26 Å². The summed E-state index contributed by atoms with van der Waals surface area (Å²) in [6, 6.07) is 10.7. The van der Waals surface area contributed by atoms with Gasteiger partial charge in [0.05, 0.1) is 11.5 Å². The maximum Gasteiger partial charge on any atom is 0.0823 e. The van der Waals surface area contributed by atoms with Crippen LogP contribution in [0.3, 0.4) is 0 Å². The number of nitriles is 1. The highest BCUT2D eigenvalue weighted by Crippen LogP contribution is 2.47. The summed E-state index contributed by atoms with van der Waals surface area (Å²) in [4.78, 5) is 0. The second-order valence-electron chi connectivity index (χ2n) is 3.90. The minimum absolute atomic E-state index is 0.161. The largest absolute Gasteiger partial charge is 0.197 e. The lowest BCUT2D eigenvalue weighted by Crippen LogP contribution is -2.01. The molecule has 0 saturated heterocycles. The lowest BCUT2D eigenvalue weighted by Gasteiger charge is -2.05. The Labute approximate surface area is 95.8 Å². The van der Waals surface area contributed by atoms with Gasteiger partial charge in [-0.15, -0.1) is 0 Å². The summed E-state index contributed by atoms with van der Waals surface area (Å²) in [5.41, 5.74) is 2.17. The molecule has 2 rings (SSSR count). The van der Waals surface area contributed by atoms with Crippen LogP contribution in [0.1, 0.15) is 24.0 Å². The van der Waals surface area contributed by atoms with Gasteiger partial charge in [0, 0.05) is 5.75 Å². The quantitative estimate of drug-likeness (QED) is 0.769. The zero-order valence-corrected chi connectivity index (χ0v) is 9.37. The van der Waals surface area contributed by atoms with Gasteiger partial charge >= 0.3 is 0 Å². The van der Waals surface area contributed by atoms with Gasteiger partial charge < -0.3 is 0 Å². The number of thiol groups is 1. The van der Waals surface area contributed by atoms with Crippen LogP contribution in [0.5, 0.6) is 0 Å². The van der Waals surface area contributed by atoms with E-state index in [1.165, 1.54) is 5.56 Å². The molecule has 1 saturated carbocycles. The van der Waals surface area contributed by atoms with Crippen LogP contribution in [-0.4, -0.2) is 5.75 Å². The molecule has 76 valence electrons. The number of rotatable bonds is 3. The smallest absolute Gasteiger partial charge is 0.0823 e. The van der Waals surface area contributed by atoms with Crippen LogP contribution in [0, 0.1) is 11.3 Å². The van der Waals surface area contributed by atoms with Gasteiger partial charge in [-0.3, -0.25) is 0 Å². The minimum Gasteiger partial charge on any atom is -0.197 e. The van der Waals surface area contributed by atoms with E-state index in [0.29, 0.717) is 0 Å². The molecular formula is C13H13NS. The summed E-state index contributed by atoms with van der Waals surface area (Å²) in [5.74, 6) is 0.754. The van der Waals surface area contributed by atoms with E-state index in [1.54, 1.807) is 0 Å². The second-order valence-corrected chi connectivity index (χ2v) is 4.27. The zero-order valence-electron chi connectivity index (χ0n) is 8.48. The van der Waals surface area contributed by atoms with Crippen LogP contribution in [0.15, 0.2) is 30.3 Å². The molecule has 0 N–H and O–H groups in total. The van der Waals surface area contributed by atoms with Gasteiger partial charge in [-0.05, 0) is 24.0 Å². The highest BCUT2D eigenvalue weighted by Gasteiger charge is 2.44. The van der Waals surface area contributed by atoms with Crippen molar-refractivity contribution in [3.63, 3.8) is 0 Å². The van der Waals surface area contributed by atoms with E-state index in [2.05, 4.69) is 43.0 Å². The van der Waals surface area contributed by atoms with Crippen LogP contribution in [0.25, 0.3) is 6.08 Å². The summed E-state index contributed by atoms with van der Waals surface area (Å²) in [5, 5.41) is 9.05. The lowest BCUT2D eigenvalue weighted by molar-refractivity contribution is 0.908. The molecular weight excluding hydrogens is 202 g/mol. The first-order chi connectivity index (χ1) is 7.30. The van der Waals surface area contributed by atoms with Crippen LogP contribution in [0.4, 0.5) is 0 Å².